The Hall–Kier alpha value is -1.82. The molecule has 1 saturated carbocycles. The van der Waals surface area contributed by atoms with Crippen molar-refractivity contribution in [2.75, 3.05) is 0 Å². The highest BCUT2D eigenvalue weighted by Crippen LogP contribution is 2.34. The smallest absolute Gasteiger partial charge is 0.176 e. The highest BCUT2D eigenvalue weighted by atomic mass is 16.3. The number of allylic oxidation sites excluding steroid dienone is 2. The number of aliphatic hydroxyl groups is 2. The van der Waals surface area contributed by atoms with E-state index in [0.717, 1.165) is 30.4 Å². The van der Waals surface area contributed by atoms with Crippen LogP contribution in [-0.4, -0.2) is 15.8 Å². The summed E-state index contributed by atoms with van der Waals surface area (Å²) in [5.41, 5.74) is -0.738. The summed E-state index contributed by atoms with van der Waals surface area (Å²) in [7, 11) is 0. The largest absolute Gasteiger partial charge is 0.378 e. The molecule has 0 aliphatic heterocycles. The minimum atomic E-state index is -1.34. The monoisotopic (exact) mass is 280 g/mol. The van der Waals surface area contributed by atoms with E-state index in [1.165, 1.54) is 0 Å². The maximum absolute atomic E-state index is 11.2. The molecule has 0 radical (unpaired) electrons. The molecule has 0 bridgehead atoms. The lowest BCUT2D eigenvalue weighted by Crippen LogP contribution is -2.28. The fraction of sp³-hybridized carbons (Fsp3) is 0.368. The summed E-state index contributed by atoms with van der Waals surface area (Å²) >= 11 is 0. The van der Waals surface area contributed by atoms with E-state index < -0.39 is 11.2 Å². The van der Waals surface area contributed by atoms with Crippen molar-refractivity contribution in [3.63, 3.8) is 0 Å². The molecule has 2 aliphatic rings. The van der Waals surface area contributed by atoms with Gasteiger partial charge in [0.2, 0.25) is 0 Å². The van der Waals surface area contributed by atoms with Gasteiger partial charge in [-0.05, 0) is 37.7 Å². The molecule has 3 rings (SSSR count). The van der Waals surface area contributed by atoms with Gasteiger partial charge in [0.15, 0.2) is 5.60 Å². The van der Waals surface area contributed by atoms with E-state index in [2.05, 4.69) is 11.8 Å². The van der Waals surface area contributed by atoms with Crippen LogP contribution >= 0.6 is 0 Å². The van der Waals surface area contributed by atoms with E-state index in [1.54, 1.807) is 0 Å². The minimum Gasteiger partial charge on any atom is -0.378 e. The molecule has 0 aromatic heterocycles. The predicted octanol–water partition coefficient (Wildman–Crippen LogP) is 3.07. The molecule has 2 heteroatoms. The third kappa shape index (κ3) is 2.81. The molecule has 0 heterocycles. The third-order valence-corrected chi connectivity index (χ3v) is 4.29. The van der Waals surface area contributed by atoms with Gasteiger partial charge in [0.1, 0.15) is 5.60 Å². The Morgan fingerprint density at radius 3 is 2.43 bits per heavy atom. The van der Waals surface area contributed by atoms with Crippen LogP contribution in [0.3, 0.4) is 0 Å². The van der Waals surface area contributed by atoms with Gasteiger partial charge in [-0.2, -0.15) is 0 Å². The second kappa shape index (κ2) is 5.52. The van der Waals surface area contributed by atoms with E-state index in [0.29, 0.717) is 12.8 Å². The molecule has 2 N–H and O–H groups in total. The SMILES string of the molecule is OC1(C#CC(O)(C2=CCC=C2)c2ccccc2)CCCC1. The third-order valence-electron chi connectivity index (χ3n) is 4.29. The summed E-state index contributed by atoms with van der Waals surface area (Å²) in [6.07, 6.45) is 10.1. The summed E-state index contributed by atoms with van der Waals surface area (Å²) in [6.45, 7) is 0. The van der Waals surface area contributed by atoms with Crippen molar-refractivity contribution >= 4 is 0 Å². The summed E-state index contributed by atoms with van der Waals surface area (Å²) in [6, 6.07) is 9.46. The molecule has 1 aromatic rings. The molecule has 1 aromatic carbocycles. The van der Waals surface area contributed by atoms with Crippen LogP contribution in [0.1, 0.15) is 37.7 Å². The van der Waals surface area contributed by atoms with Crippen molar-refractivity contribution < 1.29 is 10.2 Å². The van der Waals surface area contributed by atoms with Crippen LogP contribution in [0.4, 0.5) is 0 Å². The Labute approximate surface area is 125 Å². The van der Waals surface area contributed by atoms with Gasteiger partial charge in [-0.1, -0.05) is 60.4 Å². The molecular formula is C19H20O2. The summed E-state index contributed by atoms with van der Waals surface area (Å²) < 4.78 is 0. The minimum absolute atomic E-state index is 0.694. The van der Waals surface area contributed by atoms with Crippen LogP contribution in [0, 0.1) is 11.8 Å². The Morgan fingerprint density at radius 2 is 1.81 bits per heavy atom. The highest BCUT2D eigenvalue weighted by Gasteiger charge is 2.34. The fourth-order valence-corrected chi connectivity index (χ4v) is 3.01. The maximum Gasteiger partial charge on any atom is 0.176 e. The quantitative estimate of drug-likeness (QED) is 0.817. The molecule has 1 unspecified atom stereocenters. The molecule has 0 saturated heterocycles. The summed E-state index contributed by atoms with van der Waals surface area (Å²) in [4.78, 5) is 0. The molecule has 0 spiro atoms. The van der Waals surface area contributed by atoms with E-state index in [4.69, 9.17) is 0 Å². The molecule has 0 amide bonds. The first-order valence-electron chi connectivity index (χ1n) is 7.54. The average molecular weight is 280 g/mol. The Kier molecular flexibility index (Phi) is 3.71. The van der Waals surface area contributed by atoms with Gasteiger partial charge < -0.3 is 10.2 Å². The van der Waals surface area contributed by atoms with Crippen molar-refractivity contribution in [2.24, 2.45) is 0 Å². The van der Waals surface area contributed by atoms with E-state index >= 15 is 0 Å². The summed E-state index contributed by atoms with van der Waals surface area (Å²) in [5.74, 6) is 5.93. The van der Waals surface area contributed by atoms with E-state index in [-0.39, 0.29) is 0 Å². The number of rotatable bonds is 2. The Balaban J connectivity index is 2.01. The van der Waals surface area contributed by atoms with E-state index in [9.17, 15) is 10.2 Å². The average Bonchev–Trinajstić information content (AvgIpc) is 3.18. The van der Waals surface area contributed by atoms with Gasteiger partial charge in [0, 0.05) is 5.56 Å². The fourth-order valence-electron chi connectivity index (χ4n) is 3.01. The molecule has 108 valence electrons. The molecule has 2 aliphatic carbocycles. The predicted molar refractivity (Wildman–Crippen MR) is 83.4 cm³/mol. The van der Waals surface area contributed by atoms with Crippen LogP contribution in [0.25, 0.3) is 0 Å². The van der Waals surface area contributed by atoms with Gasteiger partial charge >= 0.3 is 0 Å². The molecule has 21 heavy (non-hydrogen) atoms. The zero-order chi connectivity index (χ0) is 14.8. The zero-order valence-corrected chi connectivity index (χ0v) is 12.0. The lowest BCUT2D eigenvalue weighted by atomic mass is 9.86. The van der Waals surface area contributed by atoms with Crippen LogP contribution in [-0.2, 0) is 5.60 Å². The molecule has 1 fully saturated rings. The van der Waals surface area contributed by atoms with Crippen molar-refractivity contribution in [1.29, 1.82) is 0 Å². The van der Waals surface area contributed by atoms with Gasteiger partial charge in [-0.15, -0.1) is 0 Å². The normalized spacial score (nSPS) is 22.3. The first kappa shape index (κ1) is 14.1. The van der Waals surface area contributed by atoms with Gasteiger partial charge in [-0.25, -0.2) is 0 Å². The molecular weight excluding hydrogens is 260 g/mol. The van der Waals surface area contributed by atoms with Crippen molar-refractivity contribution in [3.05, 3.63) is 59.7 Å². The Morgan fingerprint density at radius 1 is 1.10 bits per heavy atom. The topological polar surface area (TPSA) is 40.5 Å². The van der Waals surface area contributed by atoms with E-state index in [1.807, 2.05) is 48.6 Å². The second-order valence-electron chi connectivity index (χ2n) is 5.86. The van der Waals surface area contributed by atoms with Crippen LogP contribution in [0.5, 0.6) is 0 Å². The maximum atomic E-state index is 11.2. The zero-order valence-electron chi connectivity index (χ0n) is 12.0. The first-order chi connectivity index (χ1) is 10.1. The number of hydrogen-bond acceptors (Lipinski definition) is 2. The lowest BCUT2D eigenvalue weighted by Gasteiger charge is -2.25. The van der Waals surface area contributed by atoms with Crippen LogP contribution < -0.4 is 0 Å². The first-order valence-corrected chi connectivity index (χ1v) is 7.54. The number of benzene rings is 1. The van der Waals surface area contributed by atoms with Gasteiger partial charge in [-0.3, -0.25) is 0 Å². The lowest BCUT2D eigenvalue weighted by molar-refractivity contribution is 0.106. The Bertz CT molecular complexity index is 625. The van der Waals surface area contributed by atoms with Crippen molar-refractivity contribution in [3.8, 4) is 11.8 Å². The number of hydrogen-bond donors (Lipinski definition) is 2. The van der Waals surface area contributed by atoms with Crippen LogP contribution in [0.15, 0.2) is 54.1 Å². The van der Waals surface area contributed by atoms with Gasteiger partial charge in [0.05, 0.1) is 0 Å². The van der Waals surface area contributed by atoms with Crippen LogP contribution in [0.2, 0.25) is 0 Å². The van der Waals surface area contributed by atoms with Crippen molar-refractivity contribution in [2.45, 2.75) is 43.3 Å². The summed E-state index contributed by atoms with van der Waals surface area (Å²) in [5, 5.41) is 21.6. The van der Waals surface area contributed by atoms with Gasteiger partial charge in [0.25, 0.3) is 0 Å². The molecule has 1 atom stereocenters. The highest BCUT2D eigenvalue weighted by molar-refractivity contribution is 5.49. The molecule has 2 nitrogen and oxygen atoms in total. The van der Waals surface area contributed by atoms with Crippen molar-refractivity contribution in [1.82, 2.24) is 0 Å². The second-order valence-corrected chi connectivity index (χ2v) is 5.86. The standard InChI is InChI=1S/C19H20O2/c20-18(12-6-7-13-18)14-15-19(21,17-10-4-5-11-17)16-8-2-1-3-9-16/h1-4,8-11,20-21H,5-7,12-13H2.